The molecule has 3 aromatic rings. The predicted octanol–water partition coefficient (Wildman–Crippen LogP) is 1.95. The van der Waals surface area contributed by atoms with Crippen LogP contribution in [0.1, 0.15) is 15.3 Å². The van der Waals surface area contributed by atoms with E-state index in [1.54, 1.807) is 0 Å². The lowest BCUT2D eigenvalue weighted by molar-refractivity contribution is 0.604. The molecule has 0 saturated heterocycles. The van der Waals surface area contributed by atoms with Crippen molar-refractivity contribution in [2.75, 3.05) is 12.3 Å². The van der Waals surface area contributed by atoms with Gasteiger partial charge in [0.2, 0.25) is 0 Å². The molecule has 0 spiro atoms. The Morgan fingerprint density at radius 1 is 1.30 bits per heavy atom. The predicted molar refractivity (Wildman–Crippen MR) is 105 cm³/mol. The van der Waals surface area contributed by atoms with Crippen molar-refractivity contribution < 1.29 is 4.39 Å². The van der Waals surface area contributed by atoms with Gasteiger partial charge in [-0.1, -0.05) is 17.9 Å². The van der Waals surface area contributed by atoms with E-state index in [-0.39, 0.29) is 18.8 Å². The number of nitrogen functional groups attached to an aromatic ring is 1. The standard InChI is InChI=1S/C19H18FN5OS/c20-9-15(10-21)11-25-19(26)24(13-23-25)12-18-7-6-17(27-18)5-4-14-2-1-3-16(22)8-14/h1-3,6-9,13H,10-12,21-22H2/b15-9+. The van der Waals surface area contributed by atoms with Crippen LogP contribution in [0.5, 0.6) is 0 Å². The van der Waals surface area contributed by atoms with Gasteiger partial charge in [-0.15, -0.1) is 11.3 Å². The molecule has 8 heteroatoms. The quantitative estimate of drug-likeness (QED) is 0.520. The van der Waals surface area contributed by atoms with E-state index in [2.05, 4.69) is 16.9 Å². The lowest BCUT2D eigenvalue weighted by atomic mass is 10.2. The van der Waals surface area contributed by atoms with Crippen molar-refractivity contribution in [1.82, 2.24) is 14.3 Å². The Morgan fingerprint density at radius 2 is 2.15 bits per heavy atom. The third-order valence-electron chi connectivity index (χ3n) is 3.77. The minimum atomic E-state index is -0.316. The number of rotatable bonds is 5. The first kappa shape index (κ1) is 18.6. The van der Waals surface area contributed by atoms with Crippen LogP contribution in [0.25, 0.3) is 0 Å². The molecule has 0 aliphatic rings. The van der Waals surface area contributed by atoms with Gasteiger partial charge in [0.15, 0.2) is 0 Å². The number of halogens is 1. The second-order valence-electron chi connectivity index (χ2n) is 5.81. The van der Waals surface area contributed by atoms with Crippen molar-refractivity contribution in [3.63, 3.8) is 0 Å². The molecule has 0 saturated carbocycles. The first-order valence-corrected chi connectivity index (χ1v) is 8.97. The average molecular weight is 383 g/mol. The zero-order valence-corrected chi connectivity index (χ0v) is 15.2. The Kier molecular flexibility index (Phi) is 5.86. The van der Waals surface area contributed by atoms with Crippen LogP contribution in [0.3, 0.4) is 0 Å². The molecule has 1 aromatic carbocycles. The van der Waals surface area contributed by atoms with Crippen LogP contribution >= 0.6 is 11.3 Å². The molecule has 138 valence electrons. The molecule has 0 fully saturated rings. The number of anilines is 1. The number of nitrogens with zero attached hydrogens (tertiary/aromatic N) is 3. The van der Waals surface area contributed by atoms with Crippen molar-refractivity contribution in [2.45, 2.75) is 13.1 Å². The van der Waals surface area contributed by atoms with Crippen LogP contribution < -0.4 is 17.2 Å². The van der Waals surface area contributed by atoms with E-state index in [0.717, 1.165) is 15.3 Å². The summed E-state index contributed by atoms with van der Waals surface area (Å²) in [5.74, 6) is 6.17. The second kappa shape index (κ2) is 8.49. The van der Waals surface area contributed by atoms with E-state index in [4.69, 9.17) is 11.5 Å². The molecule has 6 nitrogen and oxygen atoms in total. The SMILES string of the molecule is NC/C(=C\F)Cn1ncn(Cc2ccc(C#Cc3cccc(N)c3)s2)c1=O. The maximum atomic E-state index is 12.6. The monoisotopic (exact) mass is 383 g/mol. The van der Waals surface area contributed by atoms with Gasteiger partial charge in [0.05, 0.1) is 24.3 Å². The summed E-state index contributed by atoms with van der Waals surface area (Å²) >= 11 is 1.50. The molecule has 2 aromatic heterocycles. The highest BCUT2D eigenvalue weighted by atomic mass is 32.1. The molecule has 0 unspecified atom stereocenters. The fourth-order valence-corrected chi connectivity index (χ4v) is 3.23. The molecule has 0 bridgehead atoms. The normalized spacial score (nSPS) is 11.3. The van der Waals surface area contributed by atoms with Crippen molar-refractivity contribution in [3.8, 4) is 11.8 Å². The van der Waals surface area contributed by atoms with Gasteiger partial charge < -0.3 is 11.5 Å². The van der Waals surface area contributed by atoms with Gasteiger partial charge in [0, 0.05) is 22.7 Å². The first-order valence-electron chi connectivity index (χ1n) is 8.15. The largest absolute Gasteiger partial charge is 0.399 e. The Labute approximate surface area is 159 Å². The van der Waals surface area contributed by atoms with Gasteiger partial charge in [0.1, 0.15) is 6.33 Å². The molecule has 0 amide bonds. The molecule has 0 atom stereocenters. The molecular weight excluding hydrogens is 365 g/mol. The molecule has 0 aliphatic carbocycles. The van der Waals surface area contributed by atoms with Crippen LogP contribution in [0.15, 0.2) is 59.4 Å². The maximum absolute atomic E-state index is 12.6. The molecule has 27 heavy (non-hydrogen) atoms. The van der Waals surface area contributed by atoms with Crippen molar-refractivity contribution >= 4 is 17.0 Å². The summed E-state index contributed by atoms with van der Waals surface area (Å²) < 4.78 is 15.3. The number of thiophene rings is 1. The minimum absolute atomic E-state index is 0.0375. The third kappa shape index (κ3) is 4.73. The number of aromatic nitrogens is 3. The minimum Gasteiger partial charge on any atom is -0.399 e. The lowest BCUT2D eigenvalue weighted by Crippen LogP contribution is -2.26. The Bertz CT molecular complexity index is 1080. The van der Waals surface area contributed by atoms with Crippen LogP contribution in [0.4, 0.5) is 10.1 Å². The van der Waals surface area contributed by atoms with Crippen molar-refractivity contribution in [2.24, 2.45) is 5.73 Å². The summed E-state index contributed by atoms with van der Waals surface area (Å²) in [6.45, 7) is 0.455. The highest BCUT2D eigenvalue weighted by Gasteiger charge is 2.08. The van der Waals surface area contributed by atoms with Gasteiger partial charge >= 0.3 is 5.69 Å². The average Bonchev–Trinajstić information content (AvgIpc) is 3.26. The second-order valence-corrected chi connectivity index (χ2v) is 6.98. The fourth-order valence-electron chi connectivity index (χ4n) is 2.37. The highest BCUT2D eigenvalue weighted by Crippen LogP contribution is 2.16. The first-order chi connectivity index (χ1) is 13.1. The Balaban J connectivity index is 1.72. The Morgan fingerprint density at radius 3 is 2.89 bits per heavy atom. The van der Waals surface area contributed by atoms with Crippen LogP contribution in [0, 0.1) is 11.8 Å². The molecule has 0 aliphatic heterocycles. The van der Waals surface area contributed by atoms with E-state index in [1.807, 2.05) is 36.4 Å². The Hall–Kier alpha value is -3.15. The number of hydrogen-bond acceptors (Lipinski definition) is 5. The number of benzene rings is 1. The molecule has 0 radical (unpaired) electrons. The van der Waals surface area contributed by atoms with E-state index in [1.165, 1.54) is 26.9 Å². The summed E-state index contributed by atoms with van der Waals surface area (Å²) in [7, 11) is 0. The van der Waals surface area contributed by atoms with Gasteiger partial charge in [-0.05, 0) is 35.9 Å². The highest BCUT2D eigenvalue weighted by molar-refractivity contribution is 7.12. The molecule has 4 N–H and O–H groups in total. The zero-order chi connectivity index (χ0) is 19.2. The third-order valence-corrected chi connectivity index (χ3v) is 4.76. The zero-order valence-electron chi connectivity index (χ0n) is 14.4. The van der Waals surface area contributed by atoms with E-state index < -0.39 is 0 Å². The maximum Gasteiger partial charge on any atom is 0.346 e. The van der Waals surface area contributed by atoms with Crippen molar-refractivity contribution in [1.29, 1.82) is 0 Å². The van der Waals surface area contributed by atoms with Gasteiger partial charge in [0.25, 0.3) is 0 Å². The summed E-state index contributed by atoms with van der Waals surface area (Å²) in [4.78, 5) is 14.2. The van der Waals surface area contributed by atoms with Crippen LogP contribution in [-0.2, 0) is 13.1 Å². The van der Waals surface area contributed by atoms with Gasteiger partial charge in [-0.3, -0.25) is 4.57 Å². The van der Waals surface area contributed by atoms with Crippen LogP contribution in [-0.4, -0.2) is 20.9 Å². The summed E-state index contributed by atoms with van der Waals surface area (Å²) in [5.41, 5.74) is 12.7. The number of hydrogen-bond donors (Lipinski definition) is 2. The van der Waals surface area contributed by atoms with Crippen molar-refractivity contribution in [3.05, 3.63) is 80.4 Å². The summed E-state index contributed by atoms with van der Waals surface area (Å²) in [6.07, 6.45) is 1.85. The van der Waals surface area contributed by atoms with Crippen LogP contribution in [0.2, 0.25) is 0 Å². The molecular formula is C19H18FN5OS. The topological polar surface area (TPSA) is 91.9 Å². The fraction of sp³-hybridized carbons (Fsp3) is 0.158. The van der Waals surface area contributed by atoms with Gasteiger partial charge in [-0.2, -0.15) is 5.10 Å². The van der Waals surface area contributed by atoms with E-state index in [0.29, 0.717) is 24.1 Å². The molecule has 3 rings (SSSR count). The smallest absolute Gasteiger partial charge is 0.346 e. The van der Waals surface area contributed by atoms with Gasteiger partial charge in [-0.25, -0.2) is 13.9 Å². The van der Waals surface area contributed by atoms with E-state index >= 15 is 0 Å². The lowest BCUT2D eigenvalue weighted by Gasteiger charge is -2.01. The number of nitrogens with two attached hydrogens (primary N) is 2. The summed E-state index contributed by atoms with van der Waals surface area (Å²) in [6, 6.07) is 11.2. The van der Waals surface area contributed by atoms with E-state index in [9.17, 15) is 9.18 Å². The molecule has 2 heterocycles. The summed E-state index contributed by atoms with van der Waals surface area (Å²) in [5, 5.41) is 4.01.